The van der Waals surface area contributed by atoms with Gasteiger partial charge >= 0.3 is 0 Å². The van der Waals surface area contributed by atoms with Crippen molar-refractivity contribution in [2.45, 2.75) is 44.8 Å². The highest BCUT2D eigenvalue weighted by molar-refractivity contribution is 5.34. The van der Waals surface area contributed by atoms with Gasteiger partial charge < -0.3 is 10.1 Å². The molecule has 0 atom stereocenters. The van der Waals surface area contributed by atoms with Gasteiger partial charge in [0, 0.05) is 13.1 Å². The van der Waals surface area contributed by atoms with Gasteiger partial charge in [-0.2, -0.15) is 5.26 Å². The van der Waals surface area contributed by atoms with E-state index in [0.29, 0.717) is 19.3 Å². The lowest BCUT2D eigenvalue weighted by Crippen LogP contribution is -2.24. The highest BCUT2D eigenvalue weighted by Crippen LogP contribution is 2.19. The van der Waals surface area contributed by atoms with Crippen LogP contribution >= 0.6 is 0 Å². The van der Waals surface area contributed by atoms with Gasteiger partial charge in [0.25, 0.3) is 0 Å². The summed E-state index contributed by atoms with van der Waals surface area (Å²) >= 11 is 0. The summed E-state index contributed by atoms with van der Waals surface area (Å²) in [5.41, 5.74) is 1.02. The van der Waals surface area contributed by atoms with Crippen LogP contribution in [-0.4, -0.2) is 19.3 Å². The number of hydrogen-bond acceptors (Lipinski definition) is 3. The molecule has 1 aliphatic carbocycles. The molecule has 1 aliphatic rings. The number of nitriles is 1. The first-order valence-electron chi connectivity index (χ1n) is 7.30. The first-order valence-corrected chi connectivity index (χ1v) is 7.30. The van der Waals surface area contributed by atoms with Gasteiger partial charge in [-0.05, 0) is 30.5 Å². The maximum absolute atomic E-state index is 13.2. The fraction of sp³-hybridized carbons (Fsp3) is 0.562. The van der Waals surface area contributed by atoms with Gasteiger partial charge in [0.1, 0.15) is 11.9 Å². The van der Waals surface area contributed by atoms with E-state index in [1.807, 2.05) is 6.07 Å². The summed E-state index contributed by atoms with van der Waals surface area (Å²) in [4.78, 5) is 0. The number of nitrogens with one attached hydrogen (secondary N) is 1. The van der Waals surface area contributed by atoms with Crippen molar-refractivity contribution in [3.8, 4) is 6.07 Å². The van der Waals surface area contributed by atoms with E-state index in [-0.39, 0.29) is 5.56 Å². The van der Waals surface area contributed by atoms with Gasteiger partial charge in [-0.1, -0.05) is 25.3 Å². The SMILES string of the molecule is N#Cc1cc(CNCCOC2CCCCC2)ccc1F. The average Bonchev–Trinajstić information content (AvgIpc) is 2.49. The second-order valence-electron chi connectivity index (χ2n) is 5.23. The van der Waals surface area contributed by atoms with Gasteiger partial charge in [0.15, 0.2) is 0 Å². The highest BCUT2D eigenvalue weighted by Gasteiger charge is 2.12. The van der Waals surface area contributed by atoms with Crippen LogP contribution in [0.4, 0.5) is 4.39 Å². The number of ether oxygens (including phenoxy) is 1. The molecule has 108 valence electrons. The molecule has 0 bridgehead atoms. The van der Waals surface area contributed by atoms with E-state index in [2.05, 4.69) is 5.32 Å². The fourth-order valence-electron chi connectivity index (χ4n) is 2.53. The van der Waals surface area contributed by atoms with Crippen molar-refractivity contribution in [3.05, 3.63) is 35.1 Å². The van der Waals surface area contributed by atoms with Crippen molar-refractivity contribution in [3.63, 3.8) is 0 Å². The summed E-state index contributed by atoms with van der Waals surface area (Å²) in [6.45, 7) is 2.11. The minimum absolute atomic E-state index is 0.0998. The Balaban J connectivity index is 1.64. The zero-order chi connectivity index (χ0) is 14.2. The minimum atomic E-state index is -0.461. The molecule has 0 heterocycles. The molecule has 4 heteroatoms. The Morgan fingerprint density at radius 3 is 2.85 bits per heavy atom. The zero-order valence-corrected chi connectivity index (χ0v) is 11.7. The summed E-state index contributed by atoms with van der Waals surface area (Å²) in [5, 5.41) is 12.0. The largest absolute Gasteiger partial charge is 0.377 e. The highest BCUT2D eigenvalue weighted by atomic mass is 19.1. The predicted octanol–water partition coefficient (Wildman–Crippen LogP) is 3.14. The second-order valence-corrected chi connectivity index (χ2v) is 5.23. The molecule has 0 radical (unpaired) electrons. The first kappa shape index (κ1) is 15.0. The molecule has 0 amide bonds. The molecule has 1 N–H and O–H groups in total. The van der Waals surface area contributed by atoms with Crippen LogP contribution in [0, 0.1) is 17.1 Å². The van der Waals surface area contributed by atoms with Crippen LogP contribution in [0.5, 0.6) is 0 Å². The van der Waals surface area contributed by atoms with Gasteiger partial charge in [-0.15, -0.1) is 0 Å². The molecule has 0 unspecified atom stereocenters. The van der Waals surface area contributed by atoms with Crippen LogP contribution in [0.25, 0.3) is 0 Å². The van der Waals surface area contributed by atoms with Gasteiger partial charge in [0.05, 0.1) is 18.3 Å². The van der Waals surface area contributed by atoms with Gasteiger partial charge in [-0.3, -0.25) is 0 Å². The summed E-state index contributed by atoms with van der Waals surface area (Å²) in [6, 6.07) is 6.48. The quantitative estimate of drug-likeness (QED) is 0.812. The lowest BCUT2D eigenvalue weighted by Gasteiger charge is -2.22. The third-order valence-electron chi connectivity index (χ3n) is 3.66. The summed E-state index contributed by atoms with van der Waals surface area (Å²) in [5.74, 6) is -0.461. The standard InChI is InChI=1S/C16H21FN2O/c17-16-7-6-13(10-14(16)11-18)12-19-8-9-20-15-4-2-1-3-5-15/h6-7,10,15,19H,1-5,8-9,12H2. The lowest BCUT2D eigenvalue weighted by molar-refractivity contribution is 0.0302. The van der Waals surface area contributed by atoms with Crippen LogP contribution in [0.15, 0.2) is 18.2 Å². The van der Waals surface area contributed by atoms with Crippen molar-refractivity contribution in [2.24, 2.45) is 0 Å². The van der Waals surface area contributed by atoms with Gasteiger partial charge in [-0.25, -0.2) is 4.39 Å². The number of nitrogens with zero attached hydrogens (tertiary/aromatic N) is 1. The third-order valence-corrected chi connectivity index (χ3v) is 3.66. The summed E-state index contributed by atoms with van der Waals surface area (Å²) in [6.07, 6.45) is 6.70. The van der Waals surface area contributed by atoms with Crippen LogP contribution in [-0.2, 0) is 11.3 Å². The Morgan fingerprint density at radius 1 is 1.30 bits per heavy atom. The van der Waals surface area contributed by atoms with Crippen molar-refractivity contribution in [2.75, 3.05) is 13.2 Å². The summed E-state index contributed by atoms with van der Waals surface area (Å²) in [7, 11) is 0. The normalized spacial score (nSPS) is 16.0. The fourth-order valence-corrected chi connectivity index (χ4v) is 2.53. The Bertz CT molecular complexity index is 464. The minimum Gasteiger partial charge on any atom is -0.377 e. The van der Waals surface area contributed by atoms with E-state index in [9.17, 15) is 4.39 Å². The second kappa shape index (κ2) is 7.98. The Morgan fingerprint density at radius 2 is 2.10 bits per heavy atom. The van der Waals surface area contributed by atoms with E-state index in [4.69, 9.17) is 10.00 Å². The van der Waals surface area contributed by atoms with Crippen molar-refractivity contribution < 1.29 is 9.13 Å². The maximum atomic E-state index is 13.2. The van der Waals surface area contributed by atoms with E-state index >= 15 is 0 Å². The Hall–Kier alpha value is -1.44. The molecule has 1 aromatic carbocycles. The topological polar surface area (TPSA) is 45.0 Å². The molecule has 0 spiro atoms. The number of hydrogen-bond donors (Lipinski definition) is 1. The molecule has 1 aromatic rings. The molecule has 3 nitrogen and oxygen atoms in total. The van der Waals surface area contributed by atoms with Crippen LogP contribution in [0.3, 0.4) is 0 Å². The van der Waals surface area contributed by atoms with Gasteiger partial charge in [0.2, 0.25) is 0 Å². The number of rotatable bonds is 6. The lowest BCUT2D eigenvalue weighted by atomic mass is 9.98. The molecule has 2 rings (SSSR count). The van der Waals surface area contributed by atoms with E-state index in [0.717, 1.165) is 12.1 Å². The van der Waals surface area contributed by atoms with Crippen LogP contribution < -0.4 is 5.32 Å². The van der Waals surface area contributed by atoms with Crippen LogP contribution in [0.2, 0.25) is 0 Å². The summed E-state index contributed by atoms with van der Waals surface area (Å²) < 4.78 is 19.0. The third kappa shape index (κ3) is 4.59. The Labute approximate surface area is 119 Å². The molecule has 1 saturated carbocycles. The number of halogens is 1. The smallest absolute Gasteiger partial charge is 0.140 e. The number of benzene rings is 1. The van der Waals surface area contributed by atoms with Crippen molar-refractivity contribution in [1.29, 1.82) is 5.26 Å². The predicted molar refractivity (Wildman–Crippen MR) is 75.6 cm³/mol. The first-order chi connectivity index (χ1) is 9.79. The molecule has 0 aliphatic heterocycles. The average molecular weight is 276 g/mol. The van der Waals surface area contributed by atoms with Crippen molar-refractivity contribution in [1.82, 2.24) is 5.32 Å². The molecular formula is C16H21FN2O. The van der Waals surface area contributed by atoms with Crippen molar-refractivity contribution >= 4 is 0 Å². The molecule has 0 saturated heterocycles. The molecule has 0 aromatic heterocycles. The van der Waals surface area contributed by atoms with E-state index in [1.54, 1.807) is 12.1 Å². The molecule has 20 heavy (non-hydrogen) atoms. The maximum Gasteiger partial charge on any atom is 0.140 e. The van der Waals surface area contributed by atoms with Crippen LogP contribution in [0.1, 0.15) is 43.2 Å². The molecule has 1 fully saturated rings. The van der Waals surface area contributed by atoms with E-state index in [1.165, 1.54) is 38.2 Å². The Kier molecular flexibility index (Phi) is 5.97. The van der Waals surface area contributed by atoms with E-state index < -0.39 is 5.82 Å². The molecular weight excluding hydrogens is 255 g/mol. The zero-order valence-electron chi connectivity index (χ0n) is 11.7. The monoisotopic (exact) mass is 276 g/mol.